The summed E-state index contributed by atoms with van der Waals surface area (Å²) in [4.78, 5) is 0. The third-order valence-corrected chi connectivity index (χ3v) is 2.54. The highest BCUT2D eigenvalue weighted by Gasteiger charge is 2.00. The van der Waals surface area contributed by atoms with Crippen molar-refractivity contribution < 1.29 is 4.57 Å². The molecule has 0 spiro atoms. The van der Waals surface area contributed by atoms with Crippen molar-refractivity contribution in [3.8, 4) is 0 Å². The first-order valence-corrected chi connectivity index (χ1v) is 5.25. The Morgan fingerprint density at radius 2 is 1.33 bits per heavy atom. The SMILES string of the molecule is Cc1ccc(C[n+]2ccc(C)cc2)cc1. The van der Waals surface area contributed by atoms with Crippen molar-refractivity contribution in [3.63, 3.8) is 0 Å². The van der Waals surface area contributed by atoms with Gasteiger partial charge in [-0.15, -0.1) is 0 Å². The van der Waals surface area contributed by atoms with E-state index in [1.165, 1.54) is 16.7 Å². The standard InChI is InChI=1S/C14H16N/c1-12-3-5-14(6-4-12)11-15-9-7-13(2)8-10-15/h3-10H,11H2,1-2H3/q+1. The molecule has 0 unspecified atom stereocenters. The number of hydrogen-bond acceptors (Lipinski definition) is 0. The third kappa shape index (κ3) is 2.66. The number of benzene rings is 1. The monoisotopic (exact) mass is 198 g/mol. The maximum Gasteiger partial charge on any atom is 0.173 e. The Labute approximate surface area is 91.0 Å². The first-order valence-electron chi connectivity index (χ1n) is 5.25. The summed E-state index contributed by atoms with van der Waals surface area (Å²) in [5, 5.41) is 0. The largest absolute Gasteiger partial charge is 0.201 e. The summed E-state index contributed by atoms with van der Waals surface area (Å²) in [6, 6.07) is 12.9. The molecule has 1 nitrogen and oxygen atoms in total. The highest BCUT2D eigenvalue weighted by Crippen LogP contribution is 2.02. The fraction of sp³-hybridized carbons (Fsp3) is 0.214. The van der Waals surface area contributed by atoms with Gasteiger partial charge in [0.05, 0.1) is 0 Å². The molecule has 0 fully saturated rings. The van der Waals surface area contributed by atoms with E-state index in [1.807, 2.05) is 0 Å². The molecule has 0 saturated carbocycles. The number of nitrogens with zero attached hydrogens (tertiary/aromatic N) is 1. The highest BCUT2D eigenvalue weighted by molar-refractivity contribution is 5.20. The molecule has 0 amide bonds. The summed E-state index contributed by atoms with van der Waals surface area (Å²) in [5.74, 6) is 0. The second kappa shape index (κ2) is 4.26. The molecule has 0 radical (unpaired) electrons. The van der Waals surface area contributed by atoms with Gasteiger partial charge in [0.25, 0.3) is 0 Å². The van der Waals surface area contributed by atoms with E-state index in [4.69, 9.17) is 0 Å². The Kier molecular flexibility index (Phi) is 2.82. The van der Waals surface area contributed by atoms with E-state index >= 15 is 0 Å². The Morgan fingerprint density at radius 3 is 1.93 bits per heavy atom. The molecular weight excluding hydrogens is 182 g/mol. The number of rotatable bonds is 2. The van der Waals surface area contributed by atoms with Gasteiger partial charge in [0.15, 0.2) is 18.9 Å². The maximum atomic E-state index is 2.19. The molecule has 2 rings (SSSR count). The predicted molar refractivity (Wildman–Crippen MR) is 61.7 cm³/mol. The quantitative estimate of drug-likeness (QED) is 0.653. The zero-order valence-electron chi connectivity index (χ0n) is 9.27. The molecule has 0 aliphatic heterocycles. The second-order valence-electron chi connectivity index (χ2n) is 4.03. The van der Waals surface area contributed by atoms with Crippen LogP contribution in [0.25, 0.3) is 0 Å². The molecule has 0 aliphatic rings. The van der Waals surface area contributed by atoms with Crippen LogP contribution >= 0.6 is 0 Å². The zero-order valence-corrected chi connectivity index (χ0v) is 9.27. The van der Waals surface area contributed by atoms with Gasteiger partial charge < -0.3 is 0 Å². The third-order valence-electron chi connectivity index (χ3n) is 2.54. The van der Waals surface area contributed by atoms with Crippen LogP contribution in [0.3, 0.4) is 0 Å². The highest BCUT2D eigenvalue weighted by atomic mass is 14.9. The van der Waals surface area contributed by atoms with Crippen LogP contribution in [0.1, 0.15) is 16.7 Å². The van der Waals surface area contributed by atoms with Crippen molar-refractivity contribution in [2.75, 3.05) is 0 Å². The van der Waals surface area contributed by atoms with E-state index < -0.39 is 0 Å². The van der Waals surface area contributed by atoms with Crippen LogP contribution in [0, 0.1) is 13.8 Å². The van der Waals surface area contributed by atoms with Gasteiger partial charge in [-0.05, 0) is 19.4 Å². The maximum absolute atomic E-state index is 2.19. The average molecular weight is 198 g/mol. The molecule has 0 N–H and O–H groups in total. The van der Waals surface area contributed by atoms with Crippen LogP contribution in [0.15, 0.2) is 48.8 Å². The normalized spacial score (nSPS) is 10.3. The van der Waals surface area contributed by atoms with Gasteiger partial charge in [-0.3, -0.25) is 0 Å². The molecule has 1 heterocycles. The summed E-state index contributed by atoms with van der Waals surface area (Å²) < 4.78 is 2.19. The lowest BCUT2D eigenvalue weighted by Gasteiger charge is -1.98. The minimum atomic E-state index is 0.945. The Balaban J connectivity index is 2.15. The first-order chi connectivity index (χ1) is 7.24. The van der Waals surface area contributed by atoms with Crippen molar-refractivity contribution in [3.05, 3.63) is 65.5 Å². The fourth-order valence-electron chi connectivity index (χ4n) is 1.54. The van der Waals surface area contributed by atoms with Crippen LogP contribution < -0.4 is 4.57 Å². The van der Waals surface area contributed by atoms with E-state index in [9.17, 15) is 0 Å². The molecular formula is C14H16N+. The van der Waals surface area contributed by atoms with Crippen molar-refractivity contribution in [2.45, 2.75) is 20.4 Å². The fourth-order valence-corrected chi connectivity index (χ4v) is 1.54. The van der Waals surface area contributed by atoms with Crippen molar-refractivity contribution in [2.24, 2.45) is 0 Å². The van der Waals surface area contributed by atoms with Gasteiger partial charge in [0.1, 0.15) is 0 Å². The van der Waals surface area contributed by atoms with Crippen LogP contribution in [0.2, 0.25) is 0 Å². The average Bonchev–Trinajstić information content (AvgIpc) is 2.25. The van der Waals surface area contributed by atoms with E-state index in [1.54, 1.807) is 0 Å². The van der Waals surface area contributed by atoms with E-state index in [0.29, 0.717) is 0 Å². The lowest BCUT2D eigenvalue weighted by atomic mass is 10.1. The lowest BCUT2D eigenvalue weighted by molar-refractivity contribution is -0.688. The van der Waals surface area contributed by atoms with Crippen LogP contribution in [0.5, 0.6) is 0 Å². The molecule has 15 heavy (non-hydrogen) atoms. The molecule has 1 aromatic heterocycles. The summed E-state index contributed by atoms with van der Waals surface area (Å²) in [7, 11) is 0. The predicted octanol–water partition coefficient (Wildman–Crippen LogP) is 2.64. The molecule has 0 aliphatic carbocycles. The van der Waals surface area contributed by atoms with E-state index in [2.05, 4.69) is 67.2 Å². The van der Waals surface area contributed by atoms with E-state index in [-0.39, 0.29) is 0 Å². The Hall–Kier alpha value is -1.63. The summed E-state index contributed by atoms with van der Waals surface area (Å²) >= 11 is 0. The van der Waals surface area contributed by atoms with Crippen LogP contribution in [-0.4, -0.2) is 0 Å². The molecule has 2 aromatic rings. The number of aromatic nitrogens is 1. The van der Waals surface area contributed by atoms with Gasteiger partial charge in [-0.25, -0.2) is 4.57 Å². The molecule has 0 saturated heterocycles. The molecule has 1 aromatic carbocycles. The van der Waals surface area contributed by atoms with Gasteiger partial charge in [0, 0.05) is 17.7 Å². The molecule has 76 valence electrons. The van der Waals surface area contributed by atoms with Crippen LogP contribution in [-0.2, 0) is 6.54 Å². The van der Waals surface area contributed by atoms with Crippen molar-refractivity contribution >= 4 is 0 Å². The summed E-state index contributed by atoms with van der Waals surface area (Å²) in [6.45, 7) is 5.17. The minimum absolute atomic E-state index is 0.945. The first kappa shape index (κ1) is 9.91. The Bertz CT molecular complexity index is 382. The summed E-state index contributed by atoms with van der Waals surface area (Å²) in [5.41, 5.74) is 3.96. The van der Waals surface area contributed by atoms with Crippen LogP contribution in [0.4, 0.5) is 0 Å². The Morgan fingerprint density at radius 1 is 0.800 bits per heavy atom. The number of aryl methyl sites for hydroxylation is 2. The van der Waals surface area contributed by atoms with Crippen molar-refractivity contribution in [1.29, 1.82) is 0 Å². The molecule has 0 atom stereocenters. The minimum Gasteiger partial charge on any atom is -0.201 e. The van der Waals surface area contributed by atoms with Gasteiger partial charge in [-0.2, -0.15) is 0 Å². The van der Waals surface area contributed by atoms with Gasteiger partial charge in [-0.1, -0.05) is 29.8 Å². The molecule has 1 heteroatoms. The smallest absolute Gasteiger partial charge is 0.173 e. The van der Waals surface area contributed by atoms with E-state index in [0.717, 1.165) is 6.54 Å². The number of hydrogen-bond donors (Lipinski definition) is 0. The summed E-state index contributed by atoms with van der Waals surface area (Å²) in [6.07, 6.45) is 4.24. The van der Waals surface area contributed by atoms with Gasteiger partial charge >= 0.3 is 0 Å². The molecule has 0 bridgehead atoms. The second-order valence-corrected chi connectivity index (χ2v) is 4.03. The van der Waals surface area contributed by atoms with Crippen molar-refractivity contribution in [1.82, 2.24) is 0 Å². The lowest BCUT2D eigenvalue weighted by Crippen LogP contribution is -2.33. The topological polar surface area (TPSA) is 3.88 Å². The number of pyridine rings is 1. The van der Waals surface area contributed by atoms with Gasteiger partial charge in [0.2, 0.25) is 0 Å². The zero-order chi connectivity index (χ0) is 10.7.